The second kappa shape index (κ2) is 5.40. The molecule has 0 radical (unpaired) electrons. The van der Waals surface area contributed by atoms with Crippen LogP contribution in [0.1, 0.15) is 0 Å². The van der Waals surface area contributed by atoms with Crippen LogP contribution < -0.4 is 4.72 Å². The SMILES string of the molecule is O=S(=O)(Nc1ccc(Br)cc1Cl)c1cccc(O)c1. The first-order valence-electron chi connectivity index (χ1n) is 5.15. The summed E-state index contributed by atoms with van der Waals surface area (Å²) in [6.07, 6.45) is 0. The summed E-state index contributed by atoms with van der Waals surface area (Å²) >= 11 is 9.18. The van der Waals surface area contributed by atoms with Gasteiger partial charge in [0.2, 0.25) is 0 Å². The van der Waals surface area contributed by atoms with E-state index in [4.69, 9.17) is 11.6 Å². The summed E-state index contributed by atoms with van der Waals surface area (Å²) in [7, 11) is -3.78. The lowest BCUT2D eigenvalue weighted by Gasteiger charge is -2.10. The molecule has 0 spiro atoms. The van der Waals surface area contributed by atoms with Gasteiger partial charge in [0.15, 0.2) is 0 Å². The van der Waals surface area contributed by atoms with Crippen LogP contribution in [0.15, 0.2) is 51.8 Å². The van der Waals surface area contributed by atoms with Crippen LogP contribution in [0.25, 0.3) is 0 Å². The standard InChI is InChI=1S/C12H9BrClNO3S/c13-8-4-5-12(11(14)6-8)15-19(17,18)10-3-1-2-9(16)7-10/h1-7,15-16H. The van der Waals surface area contributed by atoms with Crippen LogP contribution in [0.3, 0.4) is 0 Å². The summed E-state index contributed by atoms with van der Waals surface area (Å²) in [5, 5.41) is 9.58. The van der Waals surface area contributed by atoms with Gasteiger partial charge < -0.3 is 5.11 Å². The molecular weight excluding hydrogens is 354 g/mol. The summed E-state index contributed by atoms with van der Waals surface area (Å²) in [4.78, 5) is -0.0357. The fourth-order valence-electron chi connectivity index (χ4n) is 1.43. The molecule has 2 aromatic rings. The average Bonchev–Trinajstić information content (AvgIpc) is 2.33. The highest BCUT2D eigenvalue weighted by molar-refractivity contribution is 9.10. The van der Waals surface area contributed by atoms with Crippen LogP contribution in [0.5, 0.6) is 5.75 Å². The summed E-state index contributed by atoms with van der Waals surface area (Å²) in [5.74, 6) is -0.121. The van der Waals surface area contributed by atoms with Gasteiger partial charge in [-0.15, -0.1) is 0 Å². The molecule has 0 saturated heterocycles. The Balaban J connectivity index is 2.36. The van der Waals surface area contributed by atoms with Gasteiger partial charge in [0.25, 0.3) is 10.0 Å². The van der Waals surface area contributed by atoms with Gasteiger partial charge in [0.05, 0.1) is 15.6 Å². The lowest BCUT2D eigenvalue weighted by Crippen LogP contribution is -2.13. The van der Waals surface area contributed by atoms with Crippen LogP contribution >= 0.6 is 27.5 Å². The van der Waals surface area contributed by atoms with Crippen LogP contribution in [-0.4, -0.2) is 13.5 Å². The number of hydrogen-bond donors (Lipinski definition) is 2. The van der Waals surface area contributed by atoms with Crippen molar-refractivity contribution in [3.05, 3.63) is 52.0 Å². The highest BCUT2D eigenvalue weighted by Gasteiger charge is 2.16. The van der Waals surface area contributed by atoms with Crippen molar-refractivity contribution < 1.29 is 13.5 Å². The normalized spacial score (nSPS) is 11.3. The Hall–Kier alpha value is -1.24. The third-order valence-corrected chi connectivity index (χ3v) is 4.47. The number of rotatable bonds is 3. The fourth-order valence-corrected chi connectivity index (χ4v) is 3.32. The lowest BCUT2D eigenvalue weighted by molar-refractivity contribution is 0.473. The van der Waals surface area contributed by atoms with Gasteiger partial charge in [0, 0.05) is 10.5 Å². The van der Waals surface area contributed by atoms with Crippen molar-refractivity contribution in [3.63, 3.8) is 0 Å². The highest BCUT2D eigenvalue weighted by atomic mass is 79.9. The van der Waals surface area contributed by atoms with E-state index in [1.165, 1.54) is 18.2 Å². The number of halogens is 2. The first-order valence-corrected chi connectivity index (χ1v) is 7.81. The van der Waals surface area contributed by atoms with E-state index in [0.29, 0.717) is 0 Å². The molecule has 0 aliphatic rings. The zero-order chi connectivity index (χ0) is 14.0. The number of anilines is 1. The minimum Gasteiger partial charge on any atom is -0.508 e. The minimum atomic E-state index is -3.78. The largest absolute Gasteiger partial charge is 0.508 e. The Morgan fingerprint density at radius 2 is 1.89 bits per heavy atom. The van der Waals surface area contributed by atoms with Crippen molar-refractivity contribution in [1.29, 1.82) is 0 Å². The Labute approximate surface area is 124 Å². The van der Waals surface area contributed by atoms with Gasteiger partial charge in [-0.3, -0.25) is 4.72 Å². The van der Waals surface area contributed by atoms with E-state index in [1.807, 2.05) is 0 Å². The number of benzene rings is 2. The Morgan fingerprint density at radius 3 is 2.53 bits per heavy atom. The molecule has 2 N–H and O–H groups in total. The van der Waals surface area contributed by atoms with Crippen molar-refractivity contribution in [1.82, 2.24) is 0 Å². The maximum absolute atomic E-state index is 12.1. The number of sulfonamides is 1. The molecule has 2 rings (SSSR count). The summed E-state index contributed by atoms with van der Waals surface area (Å²) in [6, 6.07) is 10.2. The fraction of sp³-hybridized carbons (Fsp3) is 0. The summed E-state index contributed by atoms with van der Waals surface area (Å²) in [5.41, 5.74) is 0.271. The quantitative estimate of drug-likeness (QED) is 0.876. The Bertz CT molecular complexity index is 719. The molecule has 100 valence electrons. The van der Waals surface area contributed by atoms with E-state index in [9.17, 15) is 13.5 Å². The van der Waals surface area contributed by atoms with Crippen LogP contribution in [0, 0.1) is 0 Å². The lowest BCUT2D eigenvalue weighted by atomic mass is 10.3. The van der Waals surface area contributed by atoms with Gasteiger partial charge in [-0.2, -0.15) is 0 Å². The smallest absolute Gasteiger partial charge is 0.262 e. The van der Waals surface area contributed by atoms with E-state index in [2.05, 4.69) is 20.7 Å². The Morgan fingerprint density at radius 1 is 1.16 bits per heavy atom. The number of phenolic OH excluding ortho intramolecular Hbond substituents is 1. The molecule has 0 unspecified atom stereocenters. The molecule has 19 heavy (non-hydrogen) atoms. The Kier molecular flexibility index (Phi) is 4.03. The summed E-state index contributed by atoms with van der Waals surface area (Å²) < 4.78 is 27.3. The number of aromatic hydroxyl groups is 1. The predicted octanol–water partition coefficient (Wildman–Crippen LogP) is 3.61. The third kappa shape index (κ3) is 3.40. The molecule has 4 nitrogen and oxygen atoms in total. The molecule has 7 heteroatoms. The van der Waals surface area contributed by atoms with E-state index < -0.39 is 10.0 Å². The first kappa shape index (κ1) is 14.2. The highest BCUT2D eigenvalue weighted by Crippen LogP contribution is 2.28. The number of hydrogen-bond acceptors (Lipinski definition) is 3. The molecule has 0 amide bonds. The second-order valence-electron chi connectivity index (χ2n) is 3.73. The van der Waals surface area contributed by atoms with Crippen molar-refractivity contribution in [2.24, 2.45) is 0 Å². The first-order chi connectivity index (χ1) is 8.88. The van der Waals surface area contributed by atoms with Gasteiger partial charge in [-0.05, 0) is 30.3 Å². The van der Waals surface area contributed by atoms with Crippen LogP contribution in [0.4, 0.5) is 5.69 Å². The van der Waals surface area contributed by atoms with E-state index in [-0.39, 0.29) is 21.4 Å². The molecule has 0 aliphatic carbocycles. The molecule has 0 atom stereocenters. The molecule has 0 heterocycles. The van der Waals surface area contributed by atoms with Crippen molar-refractivity contribution >= 4 is 43.2 Å². The topological polar surface area (TPSA) is 66.4 Å². The predicted molar refractivity (Wildman–Crippen MR) is 78.1 cm³/mol. The molecule has 0 fully saturated rings. The zero-order valence-electron chi connectivity index (χ0n) is 9.47. The molecule has 0 aliphatic heterocycles. The second-order valence-corrected chi connectivity index (χ2v) is 6.73. The van der Waals surface area contributed by atoms with Gasteiger partial charge >= 0.3 is 0 Å². The summed E-state index contributed by atoms with van der Waals surface area (Å²) in [6.45, 7) is 0. The number of nitrogens with one attached hydrogen (secondary N) is 1. The monoisotopic (exact) mass is 361 g/mol. The van der Waals surface area contributed by atoms with Crippen molar-refractivity contribution in [2.75, 3.05) is 4.72 Å². The van der Waals surface area contributed by atoms with Gasteiger partial charge in [-0.25, -0.2) is 8.42 Å². The van der Waals surface area contributed by atoms with Crippen molar-refractivity contribution in [3.8, 4) is 5.75 Å². The maximum atomic E-state index is 12.1. The molecule has 2 aromatic carbocycles. The van der Waals surface area contributed by atoms with Crippen LogP contribution in [0.2, 0.25) is 5.02 Å². The van der Waals surface area contributed by atoms with Gasteiger partial charge in [-0.1, -0.05) is 33.6 Å². The zero-order valence-corrected chi connectivity index (χ0v) is 12.6. The van der Waals surface area contributed by atoms with E-state index in [0.717, 1.165) is 10.5 Å². The minimum absolute atomic E-state index is 0.0357. The number of phenols is 1. The molecule has 0 saturated carbocycles. The van der Waals surface area contributed by atoms with E-state index in [1.54, 1.807) is 18.2 Å². The third-order valence-electron chi connectivity index (χ3n) is 2.30. The molecule has 0 bridgehead atoms. The maximum Gasteiger partial charge on any atom is 0.262 e. The average molecular weight is 363 g/mol. The van der Waals surface area contributed by atoms with Crippen molar-refractivity contribution in [2.45, 2.75) is 4.90 Å². The molecule has 0 aromatic heterocycles. The van der Waals surface area contributed by atoms with E-state index >= 15 is 0 Å². The van der Waals surface area contributed by atoms with Gasteiger partial charge in [0.1, 0.15) is 5.75 Å². The van der Waals surface area contributed by atoms with Crippen LogP contribution in [-0.2, 0) is 10.0 Å². The molecular formula is C12H9BrClNO3S.